The maximum absolute atomic E-state index is 12.4. The highest BCUT2D eigenvalue weighted by atomic mass is 16.7. The number of aliphatic hydroxyl groups is 1. The van der Waals surface area contributed by atoms with Crippen LogP contribution in [0.3, 0.4) is 0 Å². The molecule has 0 aliphatic carbocycles. The number of methoxy groups -OCH3 is 1. The fraction of sp³-hybridized carbons (Fsp3) is 0.500. The Morgan fingerprint density at radius 3 is 2.06 bits per heavy atom. The number of ether oxygens (including phenoxy) is 6. The Morgan fingerprint density at radius 1 is 1.00 bits per heavy atom. The number of nitro groups is 1. The van der Waals surface area contributed by atoms with Crippen molar-refractivity contribution in [1.82, 2.24) is 0 Å². The molecule has 0 radical (unpaired) electrons. The van der Waals surface area contributed by atoms with Gasteiger partial charge in [0.05, 0.1) is 18.6 Å². The summed E-state index contributed by atoms with van der Waals surface area (Å²) in [5.74, 6) is -3.73. The molecule has 1 aliphatic rings. The van der Waals surface area contributed by atoms with E-state index in [2.05, 4.69) is 4.74 Å². The van der Waals surface area contributed by atoms with Gasteiger partial charge in [-0.15, -0.1) is 0 Å². The quantitative estimate of drug-likeness (QED) is 0.227. The molecule has 0 bridgehead atoms. The molecule has 1 saturated heterocycles. The van der Waals surface area contributed by atoms with E-state index >= 15 is 0 Å². The van der Waals surface area contributed by atoms with E-state index in [-0.39, 0.29) is 17.0 Å². The number of non-ortho nitro benzene ring substituents is 1. The first-order valence-corrected chi connectivity index (χ1v) is 9.78. The summed E-state index contributed by atoms with van der Waals surface area (Å²) in [7, 11) is 1.03. The predicted octanol–water partition coefficient (Wildman–Crippen LogP) is 0.159. The van der Waals surface area contributed by atoms with Gasteiger partial charge in [-0.2, -0.15) is 0 Å². The van der Waals surface area contributed by atoms with Crippen LogP contribution in [0.1, 0.15) is 26.3 Å². The van der Waals surface area contributed by atoms with Gasteiger partial charge in [0, 0.05) is 38.5 Å². The van der Waals surface area contributed by atoms with E-state index in [1.165, 1.54) is 0 Å². The predicted molar refractivity (Wildman–Crippen MR) is 107 cm³/mol. The van der Waals surface area contributed by atoms with Gasteiger partial charge in [0.1, 0.15) is 5.75 Å². The van der Waals surface area contributed by atoms with E-state index < -0.39 is 66.1 Å². The zero-order valence-electron chi connectivity index (χ0n) is 18.6. The monoisotopic (exact) mass is 485 g/mol. The smallest absolute Gasteiger partial charge is 0.339 e. The lowest BCUT2D eigenvalue weighted by Crippen LogP contribution is -2.64. The van der Waals surface area contributed by atoms with Crippen LogP contribution in [0.5, 0.6) is 5.75 Å². The summed E-state index contributed by atoms with van der Waals surface area (Å²) >= 11 is 0. The van der Waals surface area contributed by atoms with Crippen LogP contribution in [-0.2, 0) is 49.5 Å². The molecular weight excluding hydrogens is 462 g/mol. The fourth-order valence-electron chi connectivity index (χ4n) is 3.22. The Balaban J connectivity index is 2.56. The van der Waals surface area contributed by atoms with Crippen molar-refractivity contribution in [3.63, 3.8) is 0 Å². The van der Waals surface area contributed by atoms with E-state index in [9.17, 15) is 34.4 Å². The second-order valence-corrected chi connectivity index (χ2v) is 7.00. The third-order valence-electron chi connectivity index (χ3n) is 4.50. The van der Waals surface area contributed by atoms with Crippen LogP contribution in [0.4, 0.5) is 5.69 Å². The van der Waals surface area contributed by atoms with E-state index in [1.807, 2.05) is 0 Å². The average Bonchev–Trinajstić information content (AvgIpc) is 2.76. The van der Waals surface area contributed by atoms with E-state index in [1.54, 1.807) is 0 Å². The van der Waals surface area contributed by atoms with Crippen molar-refractivity contribution in [1.29, 1.82) is 0 Å². The van der Waals surface area contributed by atoms with Crippen molar-refractivity contribution >= 4 is 29.6 Å². The molecule has 1 aliphatic heterocycles. The lowest BCUT2D eigenvalue weighted by molar-refractivity contribution is -0.385. The lowest BCUT2D eigenvalue weighted by atomic mass is 9.97. The lowest BCUT2D eigenvalue weighted by Gasteiger charge is -2.43. The molecule has 14 nitrogen and oxygen atoms in total. The summed E-state index contributed by atoms with van der Waals surface area (Å²) in [6, 6.07) is 3.28. The molecule has 0 amide bonds. The number of nitro benzene ring substituents is 1. The number of carbonyl (C=O) groups is 4. The standard InChI is InChI=1S/C20H23NO13/c1-9(23)30-15-16(31-10(2)24)18(32-11(3)25)20(34-17(15)19(26)29-4)33-14-6-5-13(21(27)28)7-12(14)8-22/h5-7,15-18,20,22H,8H2,1-4H3. The number of carbonyl (C=O) groups excluding carboxylic acids is 4. The molecule has 34 heavy (non-hydrogen) atoms. The van der Waals surface area contributed by atoms with Gasteiger partial charge in [0.15, 0.2) is 18.3 Å². The van der Waals surface area contributed by atoms with E-state index in [0.29, 0.717) is 0 Å². The minimum absolute atomic E-state index is 0.0276. The zero-order chi connectivity index (χ0) is 25.6. The number of nitrogens with zero attached hydrogens (tertiary/aromatic N) is 1. The summed E-state index contributed by atoms with van der Waals surface area (Å²) < 4.78 is 31.5. The van der Waals surface area contributed by atoms with Crippen LogP contribution in [0.25, 0.3) is 0 Å². The molecule has 1 N–H and O–H groups in total. The molecule has 1 aromatic rings. The number of esters is 4. The molecule has 1 aromatic carbocycles. The largest absolute Gasteiger partial charge is 0.467 e. The van der Waals surface area contributed by atoms with Gasteiger partial charge in [-0.25, -0.2) is 4.79 Å². The summed E-state index contributed by atoms with van der Waals surface area (Å²) in [5, 5.41) is 20.7. The summed E-state index contributed by atoms with van der Waals surface area (Å²) in [5.41, 5.74) is -0.363. The number of hydrogen-bond acceptors (Lipinski definition) is 13. The molecular formula is C20H23NO13. The first-order valence-electron chi connectivity index (χ1n) is 9.78. The highest BCUT2D eigenvalue weighted by Gasteiger charge is 2.55. The summed E-state index contributed by atoms with van der Waals surface area (Å²) in [4.78, 5) is 58.0. The summed E-state index contributed by atoms with van der Waals surface area (Å²) in [6.07, 6.45) is -8.04. The van der Waals surface area contributed by atoms with Crippen molar-refractivity contribution < 1.29 is 57.6 Å². The molecule has 0 saturated carbocycles. The number of hydrogen-bond donors (Lipinski definition) is 1. The van der Waals surface area contributed by atoms with Crippen molar-refractivity contribution in [2.45, 2.75) is 58.1 Å². The molecule has 5 atom stereocenters. The Labute approximate surface area is 192 Å². The Morgan fingerprint density at radius 2 is 1.56 bits per heavy atom. The minimum atomic E-state index is -1.68. The first kappa shape index (κ1) is 26.5. The molecule has 0 aromatic heterocycles. The van der Waals surface area contributed by atoms with Crippen molar-refractivity contribution in [3.05, 3.63) is 33.9 Å². The average molecular weight is 485 g/mol. The van der Waals surface area contributed by atoms with Crippen molar-refractivity contribution in [3.8, 4) is 5.75 Å². The van der Waals surface area contributed by atoms with Gasteiger partial charge in [0.2, 0.25) is 12.4 Å². The molecule has 186 valence electrons. The molecule has 1 heterocycles. The maximum Gasteiger partial charge on any atom is 0.339 e. The molecule has 0 spiro atoms. The van der Waals surface area contributed by atoms with Gasteiger partial charge < -0.3 is 33.5 Å². The Hall–Kier alpha value is -3.78. The number of aliphatic hydroxyl groups excluding tert-OH is 1. The topological polar surface area (TPSA) is 187 Å². The Bertz CT molecular complexity index is 962. The maximum atomic E-state index is 12.4. The van der Waals surface area contributed by atoms with E-state index in [4.69, 9.17) is 23.7 Å². The molecule has 2 rings (SSSR count). The van der Waals surface area contributed by atoms with Crippen LogP contribution in [0.2, 0.25) is 0 Å². The number of rotatable bonds is 8. The second-order valence-electron chi connectivity index (χ2n) is 7.00. The third kappa shape index (κ3) is 6.39. The SMILES string of the molecule is COC(=O)C1OC(Oc2ccc([N+](=O)[O-])cc2CO)C(OC(C)=O)C(OC(C)=O)C1OC(C)=O. The summed E-state index contributed by atoms with van der Waals surface area (Å²) in [6.45, 7) is 2.44. The zero-order valence-corrected chi connectivity index (χ0v) is 18.6. The van der Waals surface area contributed by atoms with Gasteiger partial charge >= 0.3 is 23.9 Å². The van der Waals surface area contributed by atoms with Gasteiger partial charge in [-0.05, 0) is 6.07 Å². The van der Waals surface area contributed by atoms with Gasteiger partial charge in [-0.3, -0.25) is 24.5 Å². The number of benzene rings is 1. The molecule has 5 unspecified atom stereocenters. The van der Waals surface area contributed by atoms with Crippen LogP contribution in [0, 0.1) is 10.1 Å². The highest BCUT2D eigenvalue weighted by molar-refractivity contribution is 5.77. The first-order chi connectivity index (χ1) is 16.0. The van der Waals surface area contributed by atoms with Gasteiger partial charge in [0.25, 0.3) is 5.69 Å². The van der Waals surface area contributed by atoms with E-state index in [0.717, 1.165) is 46.1 Å². The highest BCUT2D eigenvalue weighted by Crippen LogP contribution is 2.33. The minimum Gasteiger partial charge on any atom is -0.467 e. The van der Waals surface area contributed by atoms with Crippen molar-refractivity contribution in [2.75, 3.05) is 7.11 Å². The van der Waals surface area contributed by atoms with Crippen LogP contribution >= 0.6 is 0 Å². The molecule has 1 fully saturated rings. The van der Waals surface area contributed by atoms with Crippen LogP contribution in [0.15, 0.2) is 18.2 Å². The Kier molecular flexibility index (Phi) is 8.86. The van der Waals surface area contributed by atoms with Crippen LogP contribution in [-0.4, -0.2) is 71.7 Å². The van der Waals surface area contributed by atoms with Gasteiger partial charge in [-0.1, -0.05) is 0 Å². The van der Waals surface area contributed by atoms with Crippen LogP contribution < -0.4 is 4.74 Å². The molecule has 14 heteroatoms. The van der Waals surface area contributed by atoms with Crippen molar-refractivity contribution in [2.24, 2.45) is 0 Å². The second kappa shape index (κ2) is 11.4. The third-order valence-corrected chi connectivity index (χ3v) is 4.50. The normalized spacial score (nSPS) is 23.9. The fourth-order valence-corrected chi connectivity index (χ4v) is 3.22.